The third-order valence-corrected chi connectivity index (χ3v) is 10.3. The molecule has 58 heavy (non-hydrogen) atoms. The maximum atomic E-state index is 15.4. The second-order valence-corrected chi connectivity index (χ2v) is 15.8. The van der Waals surface area contributed by atoms with Gasteiger partial charge in [0.2, 0.25) is 18.2 Å². The number of carbonyl (C=O) groups excluding carboxylic acids is 3. The van der Waals surface area contributed by atoms with E-state index in [1.807, 2.05) is 26.8 Å². The number of carbonyl (C=O) groups is 3. The van der Waals surface area contributed by atoms with E-state index in [0.717, 1.165) is 0 Å². The molecule has 3 heterocycles. The van der Waals surface area contributed by atoms with E-state index in [9.17, 15) is 22.8 Å². The Hall–Kier alpha value is -6.10. The number of rotatable bonds is 12. The SMILES string of the molecule is CC(C)(C)C[C@]1(c2ccc(-c3ncon3)cc2)N=C(NC(=O)OCc2ccccc2)N([C@H](COC(=O)CC2(C(F)(F)F)CC2)c2ccc(Cl)c(-n3cncn3)c2)C1=O. The number of esters is 1. The van der Waals surface area contributed by atoms with Gasteiger partial charge < -0.3 is 14.0 Å². The van der Waals surface area contributed by atoms with Gasteiger partial charge in [-0.05, 0) is 53.5 Å². The zero-order valence-corrected chi connectivity index (χ0v) is 32.3. The topological polar surface area (TPSA) is 167 Å². The highest BCUT2D eigenvalue weighted by molar-refractivity contribution is 6.32. The zero-order valence-electron chi connectivity index (χ0n) is 31.6. The summed E-state index contributed by atoms with van der Waals surface area (Å²) in [6.07, 6.45) is -2.86. The lowest BCUT2D eigenvalue weighted by molar-refractivity contribution is -0.195. The van der Waals surface area contributed by atoms with E-state index in [2.05, 4.69) is 25.5 Å². The van der Waals surface area contributed by atoms with Gasteiger partial charge in [-0.2, -0.15) is 23.3 Å². The van der Waals surface area contributed by atoms with Crippen molar-refractivity contribution in [2.45, 2.75) is 70.8 Å². The van der Waals surface area contributed by atoms with Crippen LogP contribution in [0.5, 0.6) is 0 Å². The summed E-state index contributed by atoms with van der Waals surface area (Å²) < 4.78 is 59.1. The first-order valence-electron chi connectivity index (χ1n) is 18.2. The molecular weight excluding hydrogens is 781 g/mol. The number of hydrogen-bond donors (Lipinski definition) is 1. The normalized spacial score (nSPS) is 18.1. The molecule has 0 radical (unpaired) electrons. The quantitative estimate of drug-likeness (QED) is 0.123. The van der Waals surface area contributed by atoms with E-state index in [1.165, 1.54) is 34.7 Å². The standard InChI is InChI=1S/C40H38ClF3N8O6/c1-37(2,3)21-39(28-12-9-26(10-13-28)33-46-24-58-50-33)34(54)52(35(49-39)48-36(55)57-19-25-7-5-4-6-8-25)31(20-56-32(53)18-38(15-16-38)40(42,43)44)27-11-14-29(41)30(17-27)51-23-45-22-47-51/h4-14,17,22-24,31H,15-16,18-21H2,1-3H3,(H,48,49,55)/t31-,39-/m1/s1. The summed E-state index contributed by atoms with van der Waals surface area (Å²) in [6.45, 7) is 5.03. The van der Waals surface area contributed by atoms with Crippen LogP contribution in [0.3, 0.4) is 0 Å². The van der Waals surface area contributed by atoms with Gasteiger partial charge in [0.25, 0.3) is 5.91 Å². The van der Waals surface area contributed by atoms with E-state index >= 15 is 4.79 Å². The summed E-state index contributed by atoms with van der Waals surface area (Å²) >= 11 is 6.59. The molecule has 0 unspecified atom stereocenters. The fraction of sp³-hybridized carbons (Fsp3) is 0.350. The molecule has 1 saturated carbocycles. The number of aliphatic imine (C=N–C) groups is 1. The predicted octanol–water partition coefficient (Wildman–Crippen LogP) is 7.74. The lowest BCUT2D eigenvalue weighted by Gasteiger charge is -2.35. The number of ether oxygens (including phenoxy) is 2. The second-order valence-electron chi connectivity index (χ2n) is 15.4. The first-order chi connectivity index (χ1) is 27.6. The number of halogens is 4. The van der Waals surface area contributed by atoms with Gasteiger partial charge >= 0.3 is 18.2 Å². The second kappa shape index (κ2) is 15.7. The van der Waals surface area contributed by atoms with E-state index in [0.29, 0.717) is 33.8 Å². The average molecular weight is 819 g/mol. The number of benzene rings is 3. The Kier molecular flexibility index (Phi) is 10.8. The highest BCUT2D eigenvalue weighted by Crippen LogP contribution is 2.60. The summed E-state index contributed by atoms with van der Waals surface area (Å²) in [7, 11) is 0. The molecule has 2 amide bonds. The van der Waals surface area contributed by atoms with Crippen LogP contribution in [0.25, 0.3) is 17.1 Å². The molecule has 0 spiro atoms. The predicted molar refractivity (Wildman–Crippen MR) is 202 cm³/mol. The maximum Gasteiger partial charge on any atom is 0.414 e. The molecule has 1 aliphatic carbocycles. The van der Waals surface area contributed by atoms with Gasteiger partial charge in [0.05, 0.1) is 28.6 Å². The fourth-order valence-corrected chi connectivity index (χ4v) is 7.15. The van der Waals surface area contributed by atoms with Crippen molar-refractivity contribution in [3.8, 4) is 17.1 Å². The minimum atomic E-state index is -4.60. The minimum absolute atomic E-state index is 0.112. The Morgan fingerprint density at radius 1 is 1.02 bits per heavy atom. The first kappa shape index (κ1) is 40.1. The van der Waals surface area contributed by atoms with Crippen LogP contribution in [0.1, 0.15) is 69.2 Å². The molecule has 2 atom stereocenters. The van der Waals surface area contributed by atoms with E-state index in [1.54, 1.807) is 60.7 Å². The lowest BCUT2D eigenvalue weighted by atomic mass is 9.75. The largest absolute Gasteiger partial charge is 0.463 e. The molecule has 1 N–H and O–H groups in total. The number of alkyl halides is 3. The highest BCUT2D eigenvalue weighted by atomic mass is 35.5. The fourth-order valence-electron chi connectivity index (χ4n) is 6.95. The smallest absolute Gasteiger partial charge is 0.414 e. The monoisotopic (exact) mass is 818 g/mol. The number of hydrogen-bond acceptors (Lipinski definition) is 11. The van der Waals surface area contributed by atoms with Crippen LogP contribution in [0.2, 0.25) is 5.02 Å². The van der Waals surface area contributed by atoms with Crippen LogP contribution in [-0.4, -0.2) is 66.5 Å². The third-order valence-electron chi connectivity index (χ3n) is 9.96. The molecule has 302 valence electrons. The Labute approximate surface area is 335 Å². The van der Waals surface area contributed by atoms with E-state index < -0.39 is 59.6 Å². The zero-order chi connectivity index (χ0) is 41.3. The molecule has 0 saturated heterocycles. The van der Waals surface area contributed by atoms with Gasteiger partial charge in [-0.15, -0.1) is 0 Å². The van der Waals surface area contributed by atoms with Gasteiger partial charge in [0.1, 0.15) is 25.9 Å². The van der Waals surface area contributed by atoms with Crippen LogP contribution in [0, 0.1) is 10.8 Å². The molecule has 14 nitrogen and oxygen atoms in total. The maximum absolute atomic E-state index is 15.4. The number of nitrogens with zero attached hydrogens (tertiary/aromatic N) is 7. The molecule has 0 bridgehead atoms. The van der Waals surface area contributed by atoms with Crippen LogP contribution in [0.4, 0.5) is 18.0 Å². The molecule has 2 aliphatic rings. The molecule has 3 aromatic carbocycles. The van der Waals surface area contributed by atoms with Crippen molar-refractivity contribution >= 4 is 35.5 Å². The van der Waals surface area contributed by atoms with Gasteiger partial charge in [-0.3, -0.25) is 19.8 Å². The van der Waals surface area contributed by atoms with Crippen LogP contribution < -0.4 is 5.32 Å². The van der Waals surface area contributed by atoms with Crippen molar-refractivity contribution in [3.63, 3.8) is 0 Å². The van der Waals surface area contributed by atoms with E-state index in [-0.39, 0.29) is 36.9 Å². The molecule has 2 aromatic heterocycles. The van der Waals surface area contributed by atoms with Crippen LogP contribution in [0.15, 0.2) is 101 Å². The van der Waals surface area contributed by atoms with Crippen molar-refractivity contribution in [1.29, 1.82) is 0 Å². The Bertz CT molecular complexity index is 2300. The Morgan fingerprint density at radius 3 is 2.38 bits per heavy atom. The van der Waals surface area contributed by atoms with Gasteiger partial charge in [-0.25, -0.2) is 19.5 Å². The number of aromatic nitrogens is 5. The van der Waals surface area contributed by atoms with Crippen LogP contribution in [-0.2, 0) is 31.2 Å². The number of nitrogens with one attached hydrogen (secondary N) is 1. The summed E-state index contributed by atoms with van der Waals surface area (Å²) in [5.74, 6) is -1.67. The summed E-state index contributed by atoms with van der Waals surface area (Å²) in [4.78, 5) is 56.5. The molecule has 1 aliphatic heterocycles. The van der Waals surface area contributed by atoms with Crippen LogP contribution >= 0.6 is 11.6 Å². The summed E-state index contributed by atoms with van der Waals surface area (Å²) in [5.41, 5.74) is -2.03. The molecule has 7 rings (SSSR count). The van der Waals surface area contributed by atoms with Crippen molar-refractivity contribution in [2.24, 2.45) is 15.8 Å². The van der Waals surface area contributed by atoms with Crippen molar-refractivity contribution in [3.05, 3.63) is 114 Å². The Balaban J connectivity index is 1.32. The Morgan fingerprint density at radius 2 is 1.76 bits per heavy atom. The molecule has 18 heteroatoms. The number of amides is 2. The summed E-state index contributed by atoms with van der Waals surface area (Å²) in [5, 5.41) is 11.0. The number of alkyl carbamates (subject to hydrolysis) is 1. The van der Waals surface area contributed by atoms with Gasteiger partial charge in [0.15, 0.2) is 5.54 Å². The molecule has 5 aromatic rings. The highest BCUT2D eigenvalue weighted by Gasteiger charge is 2.64. The first-order valence-corrected chi connectivity index (χ1v) is 18.6. The summed E-state index contributed by atoms with van der Waals surface area (Å²) in [6, 6.07) is 19.1. The third kappa shape index (κ3) is 8.44. The van der Waals surface area contributed by atoms with E-state index in [4.69, 9.17) is 30.6 Å². The number of guanidine groups is 1. The van der Waals surface area contributed by atoms with Crippen molar-refractivity contribution < 1.29 is 41.6 Å². The molecule has 1 fully saturated rings. The average Bonchev–Trinajstić information content (AvgIpc) is 3.50. The van der Waals surface area contributed by atoms with Crippen molar-refractivity contribution in [2.75, 3.05) is 6.61 Å². The lowest BCUT2D eigenvalue weighted by Crippen LogP contribution is -2.49. The van der Waals surface area contributed by atoms with Gasteiger partial charge in [-0.1, -0.05) is 98.2 Å². The minimum Gasteiger partial charge on any atom is -0.463 e. The van der Waals surface area contributed by atoms with Gasteiger partial charge in [0, 0.05) is 5.56 Å². The molecular formula is C40H38ClF3N8O6. The van der Waals surface area contributed by atoms with Crippen molar-refractivity contribution in [1.82, 2.24) is 35.1 Å².